The molecule has 0 aliphatic carbocycles. The molecule has 0 bridgehead atoms. The van der Waals surface area contributed by atoms with Gasteiger partial charge in [0.05, 0.1) is 0 Å². The molecule has 0 spiro atoms. The lowest BCUT2D eigenvalue weighted by Crippen LogP contribution is -1.93. The molecule has 0 nitrogen and oxygen atoms in total. The van der Waals surface area contributed by atoms with Gasteiger partial charge >= 0.3 is 0 Å². The lowest BCUT2D eigenvalue weighted by Gasteiger charge is -2.07. The van der Waals surface area contributed by atoms with Gasteiger partial charge in [-0.2, -0.15) is 0 Å². The van der Waals surface area contributed by atoms with E-state index < -0.39 is 0 Å². The fraction of sp³-hybridized carbons (Fsp3) is 0.586. The van der Waals surface area contributed by atoms with E-state index in [1.54, 1.807) is 0 Å². The molecule has 0 saturated carbocycles. The molecule has 2 aromatic carbocycles. The van der Waals surface area contributed by atoms with E-state index in [9.17, 15) is 0 Å². The number of halogens is 2. The Labute approximate surface area is 201 Å². The molecular weight excluding hydrogens is 419 g/mol. The van der Waals surface area contributed by atoms with E-state index >= 15 is 0 Å². The van der Waals surface area contributed by atoms with Crippen LogP contribution in [-0.4, -0.2) is 0 Å². The maximum absolute atomic E-state index is 6.28. The topological polar surface area (TPSA) is 0 Å². The molecule has 0 aliphatic rings. The van der Waals surface area contributed by atoms with Crippen LogP contribution in [0.5, 0.6) is 0 Å². The molecule has 2 heteroatoms. The molecule has 172 valence electrons. The van der Waals surface area contributed by atoms with Gasteiger partial charge in [0.2, 0.25) is 0 Å². The average molecular weight is 462 g/mol. The Bertz CT molecular complexity index is 705. The number of unbranched alkanes of at least 4 members (excludes halogenated alkanes) is 12. The third-order valence-electron chi connectivity index (χ3n) is 6.29. The smallest absolute Gasteiger partial charge is 0.0452 e. The van der Waals surface area contributed by atoms with E-state index in [1.165, 1.54) is 107 Å². The summed E-state index contributed by atoms with van der Waals surface area (Å²) in [6, 6.07) is 15.0. The highest BCUT2D eigenvalue weighted by Crippen LogP contribution is 2.22. The van der Waals surface area contributed by atoms with Gasteiger partial charge < -0.3 is 0 Å². The molecule has 0 heterocycles. The van der Waals surface area contributed by atoms with Crippen molar-refractivity contribution in [1.82, 2.24) is 0 Å². The minimum atomic E-state index is 0.700. The van der Waals surface area contributed by atoms with Crippen LogP contribution in [0.15, 0.2) is 42.5 Å². The first-order chi connectivity index (χ1) is 15.2. The average Bonchev–Trinajstić information content (AvgIpc) is 2.77. The van der Waals surface area contributed by atoms with Gasteiger partial charge in [-0.1, -0.05) is 138 Å². The molecule has 0 radical (unpaired) electrons. The van der Waals surface area contributed by atoms with Gasteiger partial charge in [-0.3, -0.25) is 0 Å². The van der Waals surface area contributed by atoms with Crippen LogP contribution < -0.4 is 0 Å². The normalized spacial score (nSPS) is 11.2. The van der Waals surface area contributed by atoms with E-state index in [1.807, 2.05) is 18.2 Å². The van der Waals surface area contributed by atoms with Gasteiger partial charge in [0.25, 0.3) is 0 Å². The second kappa shape index (κ2) is 16.6. The number of hydrogen-bond acceptors (Lipinski definition) is 0. The molecular formula is C29H42Cl2. The Morgan fingerprint density at radius 3 is 1.52 bits per heavy atom. The van der Waals surface area contributed by atoms with Crippen molar-refractivity contribution < 1.29 is 0 Å². The Hall–Kier alpha value is -0.980. The van der Waals surface area contributed by atoms with Gasteiger partial charge in [0, 0.05) is 10.0 Å². The van der Waals surface area contributed by atoms with Crippen molar-refractivity contribution in [2.24, 2.45) is 0 Å². The Morgan fingerprint density at radius 2 is 1.00 bits per heavy atom. The first-order valence-electron chi connectivity index (χ1n) is 12.7. The predicted molar refractivity (Wildman–Crippen MR) is 140 cm³/mol. The van der Waals surface area contributed by atoms with E-state index in [0.717, 1.165) is 17.9 Å². The first-order valence-corrected chi connectivity index (χ1v) is 13.5. The molecule has 0 aliphatic heterocycles. The molecule has 2 aromatic rings. The monoisotopic (exact) mass is 460 g/mol. The SMILES string of the molecule is CCCCCCCCCCCCCCCc1ccc(CCc2ccc(Cl)cc2Cl)cc1. The van der Waals surface area contributed by atoms with Crippen molar-refractivity contribution in [3.63, 3.8) is 0 Å². The molecule has 0 unspecified atom stereocenters. The van der Waals surface area contributed by atoms with Crippen molar-refractivity contribution in [3.05, 3.63) is 69.2 Å². The van der Waals surface area contributed by atoms with Crippen LogP contribution in [0.3, 0.4) is 0 Å². The van der Waals surface area contributed by atoms with Gasteiger partial charge in [-0.25, -0.2) is 0 Å². The fourth-order valence-corrected chi connectivity index (χ4v) is 4.73. The molecule has 0 saturated heterocycles. The third-order valence-corrected chi connectivity index (χ3v) is 6.88. The van der Waals surface area contributed by atoms with Crippen LogP contribution in [0.25, 0.3) is 0 Å². The molecule has 0 N–H and O–H groups in total. The zero-order valence-electron chi connectivity index (χ0n) is 19.6. The highest BCUT2D eigenvalue weighted by Gasteiger charge is 2.03. The second-order valence-corrected chi connectivity index (χ2v) is 9.89. The third kappa shape index (κ3) is 12.0. The number of aryl methyl sites for hydroxylation is 3. The van der Waals surface area contributed by atoms with Gasteiger partial charge in [-0.05, 0) is 54.5 Å². The largest absolute Gasteiger partial charge is 0.0843 e. The summed E-state index contributed by atoms with van der Waals surface area (Å²) in [6.45, 7) is 2.29. The molecule has 0 amide bonds. The van der Waals surface area contributed by atoms with Crippen molar-refractivity contribution in [2.75, 3.05) is 0 Å². The minimum absolute atomic E-state index is 0.700. The lowest BCUT2D eigenvalue weighted by molar-refractivity contribution is 0.539. The molecule has 0 fully saturated rings. The Kier molecular flexibility index (Phi) is 14.1. The van der Waals surface area contributed by atoms with Crippen molar-refractivity contribution in [1.29, 1.82) is 0 Å². The van der Waals surface area contributed by atoms with E-state index in [2.05, 4.69) is 31.2 Å². The van der Waals surface area contributed by atoms with Crippen LogP contribution >= 0.6 is 23.2 Å². The van der Waals surface area contributed by atoms with Gasteiger partial charge in [0.15, 0.2) is 0 Å². The lowest BCUT2D eigenvalue weighted by atomic mass is 10.0. The van der Waals surface area contributed by atoms with Gasteiger partial charge in [-0.15, -0.1) is 0 Å². The van der Waals surface area contributed by atoms with Crippen LogP contribution in [0.4, 0.5) is 0 Å². The first kappa shape index (κ1) is 26.3. The van der Waals surface area contributed by atoms with Crippen LogP contribution in [0.1, 0.15) is 107 Å². The van der Waals surface area contributed by atoms with Crippen molar-refractivity contribution >= 4 is 23.2 Å². The summed E-state index contributed by atoms with van der Waals surface area (Å²) < 4.78 is 0. The van der Waals surface area contributed by atoms with E-state index in [4.69, 9.17) is 23.2 Å². The zero-order valence-corrected chi connectivity index (χ0v) is 21.1. The number of rotatable bonds is 17. The molecule has 0 atom stereocenters. The summed E-state index contributed by atoms with van der Waals surface area (Å²) in [4.78, 5) is 0. The summed E-state index contributed by atoms with van der Waals surface area (Å²) in [7, 11) is 0. The second-order valence-electron chi connectivity index (χ2n) is 9.04. The number of benzene rings is 2. The maximum atomic E-state index is 6.28. The fourth-order valence-electron chi connectivity index (χ4n) is 4.22. The molecule has 2 rings (SSSR count). The summed E-state index contributed by atoms with van der Waals surface area (Å²) in [5.41, 5.74) is 4.01. The van der Waals surface area contributed by atoms with E-state index in [-0.39, 0.29) is 0 Å². The zero-order chi connectivity index (χ0) is 22.2. The predicted octanol–water partition coefficient (Wildman–Crippen LogP) is 10.4. The summed E-state index contributed by atoms with van der Waals surface area (Å²) >= 11 is 12.3. The number of hydrogen-bond donors (Lipinski definition) is 0. The highest BCUT2D eigenvalue weighted by atomic mass is 35.5. The molecule has 31 heavy (non-hydrogen) atoms. The highest BCUT2D eigenvalue weighted by molar-refractivity contribution is 6.35. The van der Waals surface area contributed by atoms with Crippen molar-refractivity contribution in [3.8, 4) is 0 Å². The Balaban J connectivity index is 1.48. The maximum Gasteiger partial charge on any atom is 0.0452 e. The Morgan fingerprint density at radius 1 is 0.516 bits per heavy atom. The van der Waals surface area contributed by atoms with Crippen LogP contribution in [-0.2, 0) is 19.3 Å². The van der Waals surface area contributed by atoms with Crippen LogP contribution in [0.2, 0.25) is 10.0 Å². The minimum Gasteiger partial charge on any atom is -0.0843 e. The summed E-state index contributed by atoms with van der Waals surface area (Å²) in [5, 5.41) is 1.47. The summed E-state index contributed by atoms with van der Waals surface area (Å²) in [6.07, 6.45) is 21.6. The quantitative estimate of drug-likeness (QED) is 0.206. The van der Waals surface area contributed by atoms with Gasteiger partial charge in [0.1, 0.15) is 0 Å². The summed E-state index contributed by atoms with van der Waals surface area (Å²) in [5.74, 6) is 0. The van der Waals surface area contributed by atoms with E-state index in [0.29, 0.717) is 5.02 Å². The standard InChI is InChI=1S/C29H42Cl2/c1-2-3-4-5-6-7-8-9-10-11-12-13-14-15-25-16-18-26(19-17-25)20-21-27-22-23-28(30)24-29(27)31/h16-19,22-24H,2-15,20-21H2,1H3. The molecule has 0 aromatic heterocycles. The van der Waals surface area contributed by atoms with Crippen molar-refractivity contribution in [2.45, 2.75) is 110 Å². The van der Waals surface area contributed by atoms with Crippen LogP contribution in [0, 0.1) is 0 Å².